The standard InChI is InChI=1S/C26H27ClN2O7S/c1-5-36-26(31)21-14-18(8-12-22(21)27)28-25(30)16-29(19-9-6-17(2)7-10-19)37(32,33)20-11-13-23(34-3)24(15-20)35-4/h6-15H,5,16H2,1-4H3,(H,28,30). The normalized spacial score (nSPS) is 10.9. The van der Waals surface area contributed by atoms with Crippen molar-refractivity contribution in [3.8, 4) is 11.5 Å². The van der Waals surface area contributed by atoms with Crippen molar-refractivity contribution in [3.63, 3.8) is 0 Å². The number of hydrogen-bond donors (Lipinski definition) is 1. The quantitative estimate of drug-likeness (QED) is 0.368. The molecule has 3 aromatic carbocycles. The topological polar surface area (TPSA) is 111 Å². The van der Waals surface area contributed by atoms with E-state index in [4.69, 9.17) is 25.8 Å². The number of amides is 1. The Bertz CT molecular complexity index is 1390. The SMILES string of the molecule is CCOC(=O)c1cc(NC(=O)CN(c2ccc(C)cc2)S(=O)(=O)c2ccc(OC)c(OC)c2)ccc1Cl. The van der Waals surface area contributed by atoms with E-state index >= 15 is 0 Å². The van der Waals surface area contributed by atoms with Gasteiger partial charge in [-0.3, -0.25) is 9.10 Å². The molecule has 11 heteroatoms. The molecule has 0 fully saturated rings. The van der Waals surface area contributed by atoms with E-state index in [1.165, 1.54) is 50.6 Å². The third-order valence-corrected chi connectivity index (χ3v) is 7.40. The maximum Gasteiger partial charge on any atom is 0.339 e. The molecule has 0 unspecified atom stereocenters. The summed E-state index contributed by atoms with van der Waals surface area (Å²) in [4.78, 5) is 25.1. The Morgan fingerprint density at radius 3 is 2.24 bits per heavy atom. The van der Waals surface area contributed by atoms with Crippen LogP contribution in [0.5, 0.6) is 11.5 Å². The molecule has 3 rings (SSSR count). The fraction of sp³-hybridized carbons (Fsp3) is 0.231. The second kappa shape index (κ2) is 12.0. The zero-order valence-electron chi connectivity index (χ0n) is 20.8. The lowest BCUT2D eigenvalue weighted by atomic mass is 10.2. The van der Waals surface area contributed by atoms with Gasteiger partial charge in [0.25, 0.3) is 10.0 Å². The van der Waals surface area contributed by atoms with E-state index in [1.807, 2.05) is 6.92 Å². The van der Waals surface area contributed by atoms with E-state index in [0.29, 0.717) is 11.4 Å². The summed E-state index contributed by atoms with van der Waals surface area (Å²) in [6.45, 7) is 3.14. The molecule has 0 saturated carbocycles. The monoisotopic (exact) mass is 546 g/mol. The van der Waals surface area contributed by atoms with Crippen LogP contribution in [-0.4, -0.2) is 47.7 Å². The lowest BCUT2D eigenvalue weighted by Crippen LogP contribution is -2.38. The van der Waals surface area contributed by atoms with E-state index in [0.717, 1.165) is 9.87 Å². The number of nitrogens with zero attached hydrogens (tertiary/aromatic N) is 1. The van der Waals surface area contributed by atoms with Crippen LogP contribution < -0.4 is 19.1 Å². The second-order valence-electron chi connectivity index (χ2n) is 7.83. The van der Waals surface area contributed by atoms with Gasteiger partial charge in [0, 0.05) is 11.8 Å². The highest BCUT2D eigenvalue weighted by molar-refractivity contribution is 7.92. The zero-order chi connectivity index (χ0) is 27.2. The average Bonchev–Trinajstić information content (AvgIpc) is 2.88. The molecule has 0 spiro atoms. The minimum absolute atomic E-state index is 0.0784. The first-order valence-corrected chi connectivity index (χ1v) is 13.0. The van der Waals surface area contributed by atoms with Crippen molar-refractivity contribution in [2.75, 3.05) is 37.0 Å². The summed E-state index contributed by atoms with van der Waals surface area (Å²) < 4.78 is 43.8. The van der Waals surface area contributed by atoms with Crippen molar-refractivity contribution < 1.29 is 32.2 Å². The Labute approximate surface area is 221 Å². The van der Waals surface area contributed by atoms with Gasteiger partial charge in [-0.15, -0.1) is 0 Å². The first-order chi connectivity index (χ1) is 17.6. The van der Waals surface area contributed by atoms with Crippen LogP contribution in [0.15, 0.2) is 65.6 Å². The summed E-state index contributed by atoms with van der Waals surface area (Å²) in [7, 11) is -1.36. The fourth-order valence-electron chi connectivity index (χ4n) is 3.43. The molecule has 37 heavy (non-hydrogen) atoms. The Morgan fingerprint density at radius 1 is 0.946 bits per heavy atom. The molecule has 9 nitrogen and oxygen atoms in total. The smallest absolute Gasteiger partial charge is 0.339 e. The van der Waals surface area contributed by atoms with E-state index in [-0.39, 0.29) is 33.5 Å². The molecular weight excluding hydrogens is 520 g/mol. The maximum atomic E-state index is 13.7. The number of sulfonamides is 1. The number of aryl methyl sites for hydroxylation is 1. The zero-order valence-corrected chi connectivity index (χ0v) is 22.4. The second-order valence-corrected chi connectivity index (χ2v) is 10.1. The Balaban J connectivity index is 1.95. The van der Waals surface area contributed by atoms with E-state index in [9.17, 15) is 18.0 Å². The van der Waals surface area contributed by atoms with Crippen molar-refractivity contribution in [1.29, 1.82) is 0 Å². The summed E-state index contributed by atoms with van der Waals surface area (Å²) in [6, 6.07) is 15.2. The van der Waals surface area contributed by atoms with E-state index in [2.05, 4.69) is 5.32 Å². The van der Waals surface area contributed by atoms with Gasteiger partial charge in [-0.25, -0.2) is 13.2 Å². The minimum atomic E-state index is -4.21. The number of esters is 1. The Morgan fingerprint density at radius 2 is 1.62 bits per heavy atom. The molecule has 196 valence electrons. The van der Waals surface area contributed by atoms with Crippen LogP contribution in [0.3, 0.4) is 0 Å². The number of anilines is 2. The largest absolute Gasteiger partial charge is 0.493 e. The lowest BCUT2D eigenvalue weighted by Gasteiger charge is -2.24. The molecular formula is C26H27ClN2O7S. The van der Waals surface area contributed by atoms with Crippen LogP contribution >= 0.6 is 11.6 Å². The summed E-state index contributed by atoms with van der Waals surface area (Å²) in [6.07, 6.45) is 0. The fourth-order valence-corrected chi connectivity index (χ4v) is 5.06. The summed E-state index contributed by atoms with van der Waals surface area (Å²) in [5.41, 5.74) is 1.54. The molecule has 0 aliphatic heterocycles. The van der Waals surface area contributed by atoms with Gasteiger partial charge in [-0.2, -0.15) is 0 Å². The minimum Gasteiger partial charge on any atom is -0.493 e. The summed E-state index contributed by atoms with van der Waals surface area (Å²) >= 11 is 6.09. The highest BCUT2D eigenvalue weighted by atomic mass is 35.5. The highest BCUT2D eigenvalue weighted by Gasteiger charge is 2.28. The van der Waals surface area contributed by atoms with Gasteiger partial charge in [-0.05, 0) is 56.3 Å². The maximum absolute atomic E-state index is 13.7. The Hall–Kier alpha value is -3.76. The molecule has 1 N–H and O–H groups in total. The van der Waals surface area contributed by atoms with E-state index < -0.39 is 28.4 Å². The molecule has 0 aromatic heterocycles. The lowest BCUT2D eigenvalue weighted by molar-refractivity contribution is -0.114. The summed E-state index contributed by atoms with van der Waals surface area (Å²) in [5.74, 6) is -0.687. The van der Waals surface area contributed by atoms with Crippen molar-refractivity contribution in [2.24, 2.45) is 0 Å². The number of carbonyl (C=O) groups is 2. The number of halogens is 1. The number of rotatable bonds is 10. The van der Waals surface area contributed by atoms with Crippen molar-refractivity contribution in [3.05, 3.63) is 76.8 Å². The molecule has 0 aliphatic rings. The van der Waals surface area contributed by atoms with Crippen LogP contribution in [0.25, 0.3) is 0 Å². The van der Waals surface area contributed by atoms with Gasteiger partial charge in [0.05, 0.1) is 42.0 Å². The predicted molar refractivity (Wildman–Crippen MR) is 141 cm³/mol. The molecule has 0 heterocycles. The average molecular weight is 547 g/mol. The van der Waals surface area contributed by atoms with Crippen molar-refractivity contribution >= 4 is 44.9 Å². The molecule has 3 aromatic rings. The number of benzene rings is 3. The van der Waals surface area contributed by atoms with Crippen molar-refractivity contribution in [1.82, 2.24) is 0 Å². The molecule has 0 saturated heterocycles. The van der Waals surface area contributed by atoms with Gasteiger partial charge in [0.1, 0.15) is 6.54 Å². The molecule has 0 radical (unpaired) electrons. The number of ether oxygens (including phenoxy) is 3. The molecule has 0 atom stereocenters. The van der Waals surface area contributed by atoms with E-state index in [1.54, 1.807) is 31.2 Å². The van der Waals surface area contributed by atoms with Gasteiger partial charge >= 0.3 is 5.97 Å². The molecule has 1 amide bonds. The van der Waals surface area contributed by atoms with Gasteiger partial charge < -0.3 is 19.5 Å². The van der Waals surface area contributed by atoms with Crippen LogP contribution in [0.4, 0.5) is 11.4 Å². The van der Waals surface area contributed by atoms with Crippen molar-refractivity contribution in [2.45, 2.75) is 18.7 Å². The number of nitrogens with one attached hydrogen (secondary N) is 1. The van der Waals surface area contributed by atoms with Crippen LogP contribution in [0, 0.1) is 6.92 Å². The third kappa shape index (κ3) is 6.52. The number of carbonyl (C=O) groups excluding carboxylic acids is 2. The summed E-state index contributed by atoms with van der Waals surface area (Å²) in [5, 5.41) is 2.79. The molecule has 0 bridgehead atoms. The Kier molecular flexibility index (Phi) is 9.01. The number of hydrogen-bond acceptors (Lipinski definition) is 7. The van der Waals surface area contributed by atoms with Gasteiger partial charge in [0.15, 0.2) is 11.5 Å². The number of methoxy groups -OCH3 is 2. The predicted octanol–water partition coefficient (Wildman–Crippen LogP) is 4.68. The van der Waals surface area contributed by atoms with Crippen LogP contribution in [0.2, 0.25) is 5.02 Å². The van der Waals surface area contributed by atoms with Crippen LogP contribution in [-0.2, 0) is 19.6 Å². The first-order valence-electron chi connectivity index (χ1n) is 11.2. The van der Waals surface area contributed by atoms with Crippen LogP contribution in [0.1, 0.15) is 22.8 Å². The first kappa shape index (κ1) is 27.8. The van der Waals surface area contributed by atoms with Gasteiger partial charge in [0.2, 0.25) is 5.91 Å². The highest BCUT2D eigenvalue weighted by Crippen LogP contribution is 2.32. The molecule has 0 aliphatic carbocycles. The third-order valence-electron chi connectivity index (χ3n) is 5.30. The van der Waals surface area contributed by atoms with Gasteiger partial charge in [-0.1, -0.05) is 29.3 Å².